The molecule has 1 amide bonds. The lowest BCUT2D eigenvalue weighted by molar-refractivity contribution is -0.116. The number of rotatable bonds is 3. The van der Waals surface area contributed by atoms with Gasteiger partial charge in [0.25, 0.3) is 0 Å². The normalized spacial score (nSPS) is 16.7. The molecule has 0 fully saturated rings. The number of hydrogen-bond donors (Lipinski definition) is 2. The van der Waals surface area contributed by atoms with E-state index in [1.165, 1.54) is 0 Å². The Morgan fingerprint density at radius 1 is 1.25 bits per heavy atom. The minimum atomic E-state index is -0.595. The molecule has 4 nitrogen and oxygen atoms in total. The molecule has 0 spiro atoms. The van der Waals surface area contributed by atoms with Gasteiger partial charge in [0.15, 0.2) is 0 Å². The van der Waals surface area contributed by atoms with E-state index >= 15 is 0 Å². The molecule has 1 aliphatic rings. The second-order valence-corrected chi connectivity index (χ2v) is 5.00. The average molecular weight is 289 g/mol. The Kier molecular flexibility index (Phi) is 3.34. The first kappa shape index (κ1) is 13.0. The molecule has 3 rings (SSSR count). The van der Waals surface area contributed by atoms with E-state index in [1.54, 1.807) is 18.2 Å². The van der Waals surface area contributed by atoms with Crippen LogP contribution in [0.15, 0.2) is 42.5 Å². The summed E-state index contributed by atoms with van der Waals surface area (Å²) < 4.78 is 5.69. The van der Waals surface area contributed by atoms with Crippen LogP contribution < -0.4 is 15.8 Å². The van der Waals surface area contributed by atoms with Crippen LogP contribution in [0.1, 0.15) is 17.2 Å². The van der Waals surface area contributed by atoms with E-state index in [0.717, 1.165) is 11.1 Å². The lowest BCUT2D eigenvalue weighted by Gasteiger charge is -2.09. The zero-order valence-corrected chi connectivity index (χ0v) is 11.4. The maximum atomic E-state index is 11.5. The Morgan fingerprint density at radius 2 is 2.05 bits per heavy atom. The van der Waals surface area contributed by atoms with Crippen molar-refractivity contribution in [2.45, 2.75) is 12.6 Å². The molecule has 0 aromatic heterocycles. The lowest BCUT2D eigenvalue weighted by Crippen LogP contribution is -2.19. The molecule has 0 saturated carbocycles. The first-order valence-electron chi connectivity index (χ1n) is 6.22. The highest BCUT2D eigenvalue weighted by molar-refractivity contribution is 6.31. The van der Waals surface area contributed by atoms with Gasteiger partial charge in [0.1, 0.15) is 18.4 Å². The highest BCUT2D eigenvalue weighted by atomic mass is 35.5. The number of fused-ring (bicyclic) bond motifs is 1. The van der Waals surface area contributed by atoms with Gasteiger partial charge in [0.05, 0.1) is 0 Å². The van der Waals surface area contributed by atoms with E-state index in [-0.39, 0.29) is 5.91 Å². The summed E-state index contributed by atoms with van der Waals surface area (Å²) in [6.07, 6.45) is 0. The molecule has 0 saturated heterocycles. The fourth-order valence-electron chi connectivity index (χ4n) is 2.13. The number of nitrogens with one attached hydrogen (secondary N) is 1. The van der Waals surface area contributed by atoms with Crippen molar-refractivity contribution in [3.05, 3.63) is 58.6 Å². The van der Waals surface area contributed by atoms with Crippen LogP contribution in [-0.4, -0.2) is 5.91 Å². The molecule has 102 valence electrons. The Balaban J connectivity index is 1.76. The minimum Gasteiger partial charge on any atom is -0.489 e. The van der Waals surface area contributed by atoms with Crippen LogP contribution >= 0.6 is 11.6 Å². The molecule has 1 heterocycles. The largest absolute Gasteiger partial charge is 0.489 e. The van der Waals surface area contributed by atoms with Crippen molar-refractivity contribution < 1.29 is 9.53 Å². The molecule has 0 radical (unpaired) electrons. The smallest absolute Gasteiger partial charge is 0.245 e. The van der Waals surface area contributed by atoms with Gasteiger partial charge in [-0.15, -0.1) is 0 Å². The van der Waals surface area contributed by atoms with Crippen LogP contribution in [-0.2, 0) is 11.4 Å². The number of hydrogen-bond acceptors (Lipinski definition) is 3. The van der Waals surface area contributed by atoms with Crippen LogP contribution in [0.25, 0.3) is 0 Å². The van der Waals surface area contributed by atoms with Crippen LogP contribution in [0.4, 0.5) is 5.69 Å². The summed E-state index contributed by atoms with van der Waals surface area (Å²) >= 11 is 6.07. The maximum Gasteiger partial charge on any atom is 0.245 e. The number of halogens is 1. The summed E-state index contributed by atoms with van der Waals surface area (Å²) in [5.41, 5.74) is 8.17. The molecule has 1 unspecified atom stereocenters. The summed E-state index contributed by atoms with van der Waals surface area (Å²) in [5, 5.41) is 3.40. The zero-order valence-electron chi connectivity index (χ0n) is 10.6. The van der Waals surface area contributed by atoms with E-state index in [2.05, 4.69) is 5.32 Å². The van der Waals surface area contributed by atoms with Gasteiger partial charge in [-0.1, -0.05) is 35.9 Å². The van der Waals surface area contributed by atoms with Crippen molar-refractivity contribution in [3.8, 4) is 5.75 Å². The SMILES string of the molecule is NC1C(=O)Nc2cc(OCc3ccccc3Cl)ccc21. The Morgan fingerprint density at radius 3 is 2.85 bits per heavy atom. The summed E-state index contributed by atoms with van der Waals surface area (Å²) in [5.74, 6) is 0.473. The quantitative estimate of drug-likeness (QED) is 0.913. The summed E-state index contributed by atoms with van der Waals surface area (Å²) in [4.78, 5) is 11.5. The minimum absolute atomic E-state index is 0.191. The van der Waals surface area contributed by atoms with Gasteiger partial charge in [-0.3, -0.25) is 4.79 Å². The molecule has 2 aromatic carbocycles. The number of anilines is 1. The number of nitrogens with two attached hydrogens (primary N) is 1. The number of amides is 1. The molecule has 2 aromatic rings. The summed E-state index contributed by atoms with van der Waals surface area (Å²) in [6, 6.07) is 12.3. The van der Waals surface area contributed by atoms with E-state index in [0.29, 0.717) is 23.1 Å². The van der Waals surface area contributed by atoms with Crippen molar-refractivity contribution in [2.75, 3.05) is 5.32 Å². The topological polar surface area (TPSA) is 64.4 Å². The Labute approximate surface area is 121 Å². The Hall–Kier alpha value is -2.04. The molecule has 1 atom stereocenters. The van der Waals surface area contributed by atoms with Crippen molar-refractivity contribution in [1.82, 2.24) is 0 Å². The summed E-state index contributed by atoms with van der Waals surface area (Å²) in [7, 11) is 0. The van der Waals surface area contributed by atoms with Crippen LogP contribution in [0.5, 0.6) is 5.75 Å². The van der Waals surface area contributed by atoms with Crippen LogP contribution in [0.2, 0.25) is 5.02 Å². The highest BCUT2D eigenvalue weighted by Gasteiger charge is 2.27. The molecule has 5 heteroatoms. The highest BCUT2D eigenvalue weighted by Crippen LogP contribution is 2.32. The monoisotopic (exact) mass is 288 g/mol. The van der Waals surface area contributed by atoms with Gasteiger partial charge < -0.3 is 15.8 Å². The predicted molar refractivity (Wildman–Crippen MR) is 77.8 cm³/mol. The van der Waals surface area contributed by atoms with Gasteiger partial charge in [-0.25, -0.2) is 0 Å². The molecular weight excluding hydrogens is 276 g/mol. The molecule has 0 aliphatic carbocycles. The number of ether oxygens (including phenoxy) is 1. The molecular formula is C15H13ClN2O2. The zero-order chi connectivity index (χ0) is 14.1. The maximum absolute atomic E-state index is 11.5. The molecule has 3 N–H and O–H groups in total. The van der Waals surface area contributed by atoms with Gasteiger partial charge in [0.2, 0.25) is 5.91 Å². The average Bonchev–Trinajstić information content (AvgIpc) is 2.73. The van der Waals surface area contributed by atoms with Gasteiger partial charge in [-0.2, -0.15) is 0 Å². The standard InChI is InChI=1S/C15H13ClN2O2/c16-12-4-2-1-3-9(12)8-20-10-5-6-11-13(7-10)18-15(19)14(11)17/h1-7,14H,8,17H2,(H,18,19). The van der Waals surface area contributed by atoms with Crippen LogP contribution in [0.3, 0.4) is 0 Å². The molecule has 1 aliphatic heterocycles. The molecule has 0 bridgehead atoms. The van der Waals surface area contributed by atoms with Crippen molar-refractivity contribution >= 4 is 23.2 Å². The van der Waals surface area contributed by atoms with E-state index in [4.69, 9.17) is 22.1 Å². The Bertz CT molecular complexity index is 673. The number of carbonyl (C=O) groups is 1. The van der Waals surface area contributed by atoms with E-state index in [1.807, 2.05) is 24.3 Å². The first-order chi connectivity index (χ1) is 9.65. The van der Waals surface area contributed by atoms with Gasteiger partial charge >= 0.3 is 0 Å². The second kappa shape index (κ2) is 5.15. The van der Waals surface area contributed by atoms with Crippen molar-refractivity contribution in [2.24, 2.45) is 5.73 Å². The first-order valence-corrected chi connectivity index (χ1v) is 6.59. The van der Waals surface area contributed by atoms with Gasteiger partial charge in [-0.05, 0) is 12.1 Å². The van der Waals surface area contributed by atoms with Crippen LogP contribution in [0, 0.1) is 0 Å². The van der Waals surface area contributed by atoms with Crippen molar-refractivity contribution in [1.29, 1.82) is 0 Å². The lowest BCUT2D eigenvalue weighted by atomic mass is 10.1. The predicted octanol–water partition coefficient (Wildman–Crippen LogP) is 2.87. The third-order valence-corrected chi connectivity index (χ3v) is 3.62. The van der Waals surface area contributed by atoms with E-state index in [9.17, 15) is 4.79 Å². The number of benzene rings is 2. The molecule has 20 heavy (non-hydrogen) atoms. The fourth-order valence-corrected chi connectivity index (χ4v) is 2.32. The third-order valence-electron chi connectivity index (χ3n) is 3.25. The van der Waals surface area contributed by atoms with Gasteiger partial charge in [0, 0.05) is 27.9 Å². The third kappa shape index (κ3) is 2.35. The second-order valence-electron chi connectivity index (χ2n) is 4.60. The van der Waals surface area contributed by atoms with E-state index < -0.39 is 6.04 Å². The number of carbonyl (C=O) groups excluding carboxylic acids is 1. The summed E-state index contributed by atoms with van der Waals surface area (Å²) in [6.45, 7) is 0.373. The fraction of sp³-hybridized carbons (Fsp3) is 0.133. The van der Waals surface area contributed by atoms with Crippen molar-refractivity contribution in [3.63, 3.8) is 0 Å².